The third-order valence-corrected chi connectivity index (χ3v) is 8.31. The zero-order valence-electron chi connectivity index (χ0n) is 21.5. The van der Waals surface area contributed by atoms with Crippen LogP contribution in [0.2, 0.25) is 0 Å². The number of aromatic nitrogens is 3. The lowest BCUT2D eigenvalue weighted by molar-refractivity contribution is 0.0950. The average molecular weight is 547 g/mol. The summed E-state index contributed by atoms with van der Waals surface area (Å²) >= 11 is 0. The number of aromatic amines is 1. The van der Waals surface area contributed by atoms with Crippen molar-refractivity contribution in [2.75, 3.05) is 39.0 Å². The first-order valence-electron chi connectivity index (χ1n) is 12.6. The van der Waals surface area contributed by atoms with Crippen LogP contribution in [0.5, 0.6) is 5.88 Å². The molecule has 3 aromatic heterocycles. The Morgan fingerprint density at radius 3 is 2.64 bits per heavy atom. The monoisotopic (exact) mass is 546 g/mol. The predicted octanol–water partition coefficient (Wildman–Crippen LogP) is 2.80. The number of H-pyrrole nitrogens is 1. The molecule has 0 unspecified atom stereocenters. The fraction of sp³-hybridized carbons (Fsp3) is 0.250. The molecule has 1 aliphatic heterocycles. The van der Waals surface area contributed by atoms with E-state index < -0.39 is 9.84 Å². The summed E-state index contributed by atoms with van der Waals surface area (Å²) in [6, 6.07) is 13.6. The van der Waals surface area contributed by atoms with Gasteiger partial charge in [-0.25, -0.2) is 8.42 Å². The highest BCUT2D eigenvalue weighted by Crippen LogP contribution is 2.36. The maximum atomic E-state index is 12.9. The first-order chi connectivity index (χ1) is 18.8. The fourth-order valence-electron chi connectivity index (χ4n) is 4.45. The summed E-state index contributed by atoms with van der Waals surface area (Å²) in [6.45, 7) is 3.90. The van der Waals surface area contributed by atoms with Crippen molar-refractivity contribution in [3.8, 4) is 17.1 Å². The molecule has 3 N–H and O–H groups in total. The van der Waals surface area contributed by atoms with Gasteiger partial charge in [0.1, 0.15) is 0 Å². The van der Waals surface area contributed by atoms with Crippen LogP contribution in [-0.2, 0) is 16.4 Å². The molecule has 0 bridgehead atoms. The topological polar surface area (TPSA) is 132 Å². The number of carbonyl (C=O) groups excluding carboxylic acids is 1. The van der Waals surface area contributed by atoms with Crippen LogP contribution in [0.4, 0.5) is 0 Å². The summed E-state index contributed by atoms with van der Waals surface area (Å²) in [5, 5.41) is 14.1. The second-order valence-electron chi connectivity index (χ2n) is 9.50. The molecule has 1 saturated heterocycles. The van der Waals surface area contributed by atoms with Crippen molar-refractivity contribution in [1.82, 2.24) is 30.1 Å². The van der Waals surface area contributed by atoms with Crippen molar-refractivity contribution in [3.63, 3.8) is 0 Å². The van der Waals surface area contributed by atoms with Gasteiger partial charge in [0.2, 0.25) is 0 Å². The van der Waals surface area contributed by atoms with E-state index in [9.17, 15) is 18.3 Å². The van der Waals surface area contributed by atoms with Gasteiger partial charge in [0.05, 0.1) is 34.1 Å². The molecule has 0 atom stereocenters. The number of pyridine rings is 2. The number of amides is 1. The van der Waals surface area contributed by atoms with E-state index in [1.165, 1.54) is 12.3 Å². The summed E-state index contributed by atoms with van der Waals surface area (Å²) in [5.74, 6) is -0.530. The molecule has 1 aliphatic rings. The van der Waals surface area contributed by atoms with Gasteiger partial charge >= 0.3 is 0 Å². The van der Waals surface area contributed by atoms with Gasteiger partial charge in [-0.3, -0.25) is 14.8 Å². The lowest BCUT2D eigenvalue weighted by Crippen LogP contribution is -2.41. The molecule has 39 heavy (non-hydrogen) atoms. The Hall–Kier alpha value is -4.22. The van der Waals surface area contributed by atoms with Gasteiger partial charge in [-0.2, -0.15) is 0 Å². The van der Waals surface area contributed by atoms with Crippen LogP contribution >= 0.6 is 0 Å². The molecule has 1 fully saturated rings. The molecule has 5 rings (SSSR count). The predicted molar refractivity (Wildman–Crippen MR) is 149 cm³/mol. The number of benzene rings is 1. The summed E-state index contributed by atoms with van der Waals surface area (Å²) in [7, 11) is -1.50. The number of hydrogen-bond acceptors (Lipinski definition) is 8. The molecule has 1 amide bonds. The van der Waals surface area contributed by atoms with Crippen molar-refractivity contribution in [3.05, 3.63) is 84.5 Å². The van der Waals surface area contributed by atoms with Gasteiger partial charge in [-0.1, -0.05) is 12.1 Å². The van der Waals surface area contributed by atoms with Crippen molar-refractivity contribution >= 4 is 26.6 Å². The number of carbonyl (C=O) groups is 1. The lowest BCUT2D eigenvalue weighted by Gasteiger charge is -2.31. The molecule has 0 radical (unpaired) electrons. The number of piperazine rings is 1. The Labute approximate surface area is 226 Å². The van der Waals surface area contributed by atoms with Crippen molar-refractivity contribution in [2.45, 2.75) is 11.4 Å². The van der Waals surface area contributed by atoms with Crippen LogP contribution < -0.4 is 5.32 Å². The standard InChI is InChI=1S/C28H30N6O4S/c1-33-12-14-34(15-13-33)11-4-16-39(37,38)22-7-9-25(30-19-22)26-23-17-20(6-8-24(23)32-28(26)36)27(35)31-18-21-5-2-3-10-29-21/h2-11,17,19,32,36H,12-16,18H2,1H3,(H,31,35). The number of likely N-dealkylation sites (N-methyl/N-ethyl adjacent to an activating group) is 1. The maximum Gasteiger partial charge on any atom is 0.251 e. The summed E-state index contributed by atoms with van der Waals surface area (Å²) in [4.78, 5) is 28.7. The fourth-order valence-corrected chi connectivity index (χ4v) is 5.47. The van der Waals surface area contributed by atoms with Crippen LogP contribution in [0.25, 0.3) is 22.2 Å². The number of nitrogens with one attached hydrogen (secondary N) is 2. The highest BCUT2D eigenvalue weighted by atomic mass is 32.2. The van der Waals surface area contributed by atoms with E-state index in [0.29, 0.717) is 27.7 Å². The van der Waals surface area contributed by atoms with E-state index >= 15 is 0 Å². The molecule has 4 aromatic rings. The van der Waals surface area contributed by atoms with Crippen molar-refractivity contribution < 1.29 is 18.3 Å². The first-order valence-corrected chi connectivity index (χ1v) is 14.3. The minimum absolute atomic E-state index is 0.100. The Kier molecular flexibility index (Phi) is 7.62. The van der Waals surface area contributed by atoms with Gasteiger partial charge in [0.15, 0.2) is 15.7 Å². The molecular formula is C28H30N6O4S. The van der Waals surface area contributed by atoms with E-state index in [0.717, 1.165) is 31.9 Å². The van der Waals surface area contributed by atoms with E-state index in [-0.39, 0.29) is 29.0 Å². The van der Waals surface area contributed by atoms with Crippen molar-refractivity contribution in [1.29, 1.82) is 0 Å². The van der Waals surface area contributed by atoms with Crippen LogP contribution in [-0.4, -0.2) is 83.2 Å². The molecule has 1 aromatic carbocycles. The van der Waals surface area contributed by atoms with E-state index in [1.54, 1.807) is 36.5 Å². The third-order valence-electron chi connectivity index (χ3n) is 6.72. The Bertz CT molecular complexity index is 1590. The molecule has 11 heteroatoms. The highest BCUT2D eigenvalue weighted by Gasteiger charge is 2.19. The van der Waals surface area contributed by atoms with Crippen LogP contribution in [0, 0.1) is 0 Å². The molecule has 4 heterocycles. The van der Waals surface area contributed by atoms with Crippen LogP contribution in [0.3, 0.4) is 0 Å². The Balaban J connectivity index is 1.32. The summed E-state index contributed by atoms with van der Waals surface area (Å²) < 4.78 is 25.7. The van der Waals surface area contributed by atoms with E-state index in [1.807, 2.05) is 24.4 Å². The molecule has 0 spiro atoms. The van der Waals surface area contributed by atoms with Crippen molar-refractivity contribution in [2.24, 2.45) is 0 Å². The third kappa shape index (κ3) is 6.10. The highest BCUT2D eigenvalue weighted by molar-refractivity contribution is 7.91. The molecule has 0 saturated carbocycles. The van der Waals surface area contributed by atoms with E-state index in [4.69, 9.17) is 0 Å². The number of nitrogens with zero attached hydrogens (tertiary/aromatic N) is 4. The zero-order chi connectivity index (χ0) is 27.4. The molecule has 10 nitrogen and oxygen atoms in total. The minimum atomic E-state index is -3.57. The molecule has 0 aliphatic carbocycles. The second-order valence-corrected chi connectivity index (χ2v) is 11.5. The normalized spacial score (nSPS) is 14.7. The number of fused-ring (bicyclic) bond motifs is 1. The number of rotatable bonds is 8. The number of aromatic hydroxyl groups is 1. The smallest absolute Gasteiger partial charge is 0.251 e. The van der Waals surface area contributed by atoms with Crippen LogP contribution in [0.15, 0.2) is 78.1 Å². The molecule has 202 valence electrons. The lowest BCUT2D eigenvalue weighted by atomic mass is 10.1. The Morgan fingerprint density at radius 1 is 1.10 bits per heavy atom. The quantitative estimate of drug-likeness (QED) is 0.308. The maximum absolute atomic E-state index is 12.9. The van der Waals surface area contributed by atoms with Gasteiger partial charge in [0, 0.05) is 55.0 Å². The van der Waals surface area contributed by atoms with Gasteiger partial charge < -0.3 is 25.2 Å². The summed E-state index contributed by atoms with van der Waals surface area (Å²) in [5.41, 5.74) is 2.54. The minimum Gasteiger partial charge on any atom is -0.494 e. The second kappa shape index (κ2) is 11.3. The number of hydrogen-bond donors (Lipinski definition) is 3. The van der Waals surface area contributed by atoms with Gasteiger partial charge in [-0.15, -0.1) is 0 Å². The molecular weight excluding hydrogens is 516 g/mol. The number of sulfone groups is 1. The SMILES string of the molecule is CN1CCN(C=CCS(=O)(=O)c2ccc(-c3c(O)[nH]c4ccc(C(=O)NCc5ccccn5)cc34)nc2)CC1. The average Bonchev–Trinajstić information content (AvgIpc) is 3.28. The largest absolute Gasteiger partial charge is 0.494 e. The first kappa shape index (κ1) is 26.4. The van der Waals surface area contributed by atoms with Gasteiger partial charge in [0.25, 0.3) is 5.91 Å². The van der Waals surface area contributed by atoms with E-state index in [2.05, 4.69) is 37.1 Å². The van der Waals surface area contributed by atoms with Crippen LogP contribution in [0.1, 0.15) is 16.1 Å². The zero-order valence-corrected chi connectivity index (χ0v) is 22.4. The Morgan fingerprint density at radius 2 is 1.92 bits per heavy atom. The van der Waals surface area contributed by atoms with Gasteiger partial charge in [-0.05, 0) is 55.7 Å². The summed E-state index contributed by atoms with van der Waals surface area (Å²) in [6.07, 6.45) is 6.48.